The van der Waals surface area contributed by atoms with Crippen molar-refractivity contribution in [2.75, 3.05) is 12.9 Å². The first-order valence-corrected chi connectivity index (χ1v) is 4.30. The Morgan fingerprint density at radius 2 is 2.18 bits per heavy atom. The van der Waals surface area contributed by atoms with E-state index < -0.39 is 21.9 Å². The molecule has 0 aromatic carbocycles. The SMILES string of the molecule is C=CC(=O)N(C)CS(=O)(=O)O. The topological polar surface area (TPSA) is 74.7 Å². The molecule has 0 heterocycles. The molecule has 0 aliphatic heterocycles. The van der Waals surface area contributed by atoms with Crippen LogP contribution in [-0.2, 0) is 14.9 Å². The van der Waals surface area contributed by atoms with Crippen molar-refractivity contribution >= 4 is 16.0 Å². The molecule has 0 radical (unpaired) electrons. The van der Waals surface area contributed by atoms with E-state index in [1.165, 1.54) is 7.05 Å². The molecule has 64 valence electrons. The van der Waals surface area contributed by atoms with Crippen LogP contribution in [0.1, 0.15) is 0 Å². The lowest BCUT2D eigenvalue weighted by molar-refractivity contribution is -0.124. The van der Waals surface area contributed by atoms with Gasteiger partial charge in [-0.3, -0.25) is 9.35 Å². The van der Waals surface area contributed by atoms with Crippen LogP contribution in [0.4, 0.5) is 0 Å². The summed E-state index contributed by atoms with van der Waals surface area (Å²) in [5.41, 5.74) is 0. The highest BCUT2D eigenvalue weighted by atomic mass is 32.2. The largest absolute Gasteiger partial charge is 0.326 e. The highest BCUT2D eigenvalue weighted by Crippen LogP contribution is 1.90. The summed E-state index contributed by atoms with van der Waals surface area (Å²) < 4.78 is 28.7. The van der Waals surface area contributed by atoms with Gasteiger partial charge in [0.25, 0.3) is 10.1 Å². The van der Waals surface area contributed by atoms with Gasteiger partial charge >= 0.3 is 0 Å². The van der Waals surface area contributed by atoms with E-state index in [1.807, 2.05) is 0 Å². The molecule has 0 aromatic rings. The number of carbonyl (C=O) groups excluding carboxylic acids is 1. The Bertz CT molecular complexity index is 256. The number of carbonyl (C=O) groups is 1. The molecule has 0 saturated heterocycles. The summed E-state index contributed by atoms with van der Waals surface area (Å²) in [5, 5.41) is 0. The molecule has 0 bridgehead atoms. The maximum atomic E-state index is 10.6. The first-order chi connectivity index (χ1) is 4.87. The van der Waals surface area contributed by atoms with Crippen LogP contribution in [0, 0.1) is 0 Å². The number of hydrogen-bond acceptors (Lipinski definition) is 3. The van der Waals surface area contributed by atoms with Crippen molar-refractivity contribution < 1.29 is 17.8 Å². The second kappa shape index (κ2) is 3.49. The highest BCUT2D eigenvalue weighted by molar-refractivity contribution is 7.85. The van der Waals surface area contributed by atoms with Gasteiger partial charge in [0.2, 0.25) is 5.91 Å². The second-order valence-electron chi connectivity index (χ2n) is 1.95. The standard InChI is InChI=1S/C5H9NO4S/c1-3-5(7)6(2)4-11(8,9)10/h3H,1,4H2,2H3,(H,8,9,10). The molecule has 0 aliphatic rings. The zero-order valence-corrected chi connectivity index (χ0v) is 6.84. The molecule has 0 rings (SSSR count). The Morgan fingerprint density at radius 1 is 1.73 bits per heavy atom. The van der Waals surface area contributed by atoms with E-state index in [9.17, 15) is 13.2 Å². The van der Waals surface area contributed by atoms with Crippen molar-refractivity contribution in [3.05, 3.63) is 12.7 Å². The Balaban J connectivity index is 4.20. The number of amides is 1. The van der Waals surface area contributed by atoms with E-state index in [4.69, 9.17) is 4.55 Å². The highest BCUT2D eigenvalue weighted by Gasteiger charge is 2.11. The Morgan fingerprint density at radius 3 is 2.45 bits per heavy atom. The Labute approximate surface area is 65.1 Å². The number of hydrogen-bond donors (Lipinski definition) is 1. The Hall–Kier alpha value is -0.880. The minimum Gasteiger partial charge on any atom is -0.326 e. The average Bonchev–Trinajstić information content (AvgIpc) is 1.82. The quantitative estimate of drug-likeness (QED) is 0.467. The summed E-state index contributed by atoms with van der Waals surface area (Å²) in [6.07, 6.45) is 0.963. The normalized spacial score (nSPS) is 10.7. The van der Waals surface area contributed by atoms with Gasteiger partial charge in [-0.2, -0.15) is 8.42 Å². The third kappa shape index (κ3) is 4.51. The number of likely N-dealkylation sites (N-methyl/N-ethyl adjacent to an activating group) is 1. The molecule has 6 heteroatoms. The third-order valence-corrected chi connectivity index (χ3v) is 1.62. The molecule has 0 saturated carbocycles. The first kappa shape index (κ1) is 10.1. The fraction of sp³-hybridized carbons (Fsp3) is 0.400. The van der Waals surface area contributed by atoms with E-state index in [-0.39, 0.29) is 0 Å². The van der Waals surface area contributed by atoms with Crippen molar-refractivity contribution in [2.45, 2.75) is 0 Å². The van der Waals surface area contributed by atoms with Crippen LogP contribution in [0.25, 0.3) is 0 Å². The lowest BCUT2D eigenvalue weighted by Crippen LogP contribution is -2.30. The molecule has 0 unspecified atom stereocenters. The predicted octanol–water partition coefficient (Wildman–Crippen LogP) is -0.524. The van der Waals surface area contributed by atoms with Crippen molar-refractivity contribution in [1.82, 2.24) is 4.90 Å². The first-order valence-electron chi connectivity index (χ1n) is 2.69. The lowest BCUT2D eigenvalue weighted by atomic mass is 10.5. The van der Waals surface area contributed by atoms with Gasteiger partial charge < -0.3 is 4.90 Å². The van der Waals surface area contributed by atoms with Gasteiger partial charge in [-0.15, -0.1) is 0 Å². The fourth-order valence-electron chi connectivity index (χ4n) is 0.464. The molecule has 1 N–H and O–H groups in total. The molecule has 0 aliphatic carbocycles. The van der Waals surface area contributed by atoms with Crippen molar-refractivity contribution in [3.63, 3.8) is 0 Å². The molecule has 11 heavy (non-hydrogen) atoms. The zero-order chi connectivity index (χ0) is 9.07. The van der Waals surface area contributed by atoms with Gasteiger partial charge in [0.05, 0.1) is 0 Å². The van der Waals surface area contributed by atoms with Gasteiger partial charge in [0.15, 0.2) is 0 Å². The number of nitrogens with zero attached hydrogens (tertiary/aromatic N) is 1. The maximum Gasteiger partial charge on any atom is 0.283 e. The molecule has 0 fully saturated rings. The maximum absolute atomic E-state index is 10.6. The Kier molecular flexibility index (Phi) is 3.21. The van der Waals surface area contributed by atoms with Crippen LogP contribution in [0.3, 0.4) is 0 Å². The monoisotopic (exact) mass is 179 g/mol. The fourth-order valence-corrected chi connectivity index (χ4v) is 1.08. The van der Waals surface area contributed by atoms with Crippen LogP contribution in [0.15, 0.2) is 12.7 Å². The third-order valence-electron chi connectivity index (χ3n) is 0.908. The van der Waals surface area contributed by atoms with E-state index >= 15 is 0 Å². The summed E-state index contributed by atoms with van der Waals surface area (Å²) in [6.45, 7) is 3.14. The lowest BCUT2D eigenvalue weighted by Gasteiger charge is -2.11. The van der Waals surface area contributed by atoms with Crippen LogP contribution < -0.4 is 0 Å². The van der Waals surface area contributed by atoms with Gasteiger partial charge in [0, 0.05) is 7.05 Å². The minimum absolute atomic E-state index is 0.553. The van der Waals surface area contributed by atoms with Crippen LogP contribution >= 0.6 is 0 Å². The minimum atomic E-state index is -4.12. The van der Waals surface area contributed by atoms with Crippen molar-refractivity contribution in [1.29, 1.82) is 0 Å². The average molecular weight is 179 g/mol. The van der Waals surface area contributed by atoms with Crippen molar-refractivity contribution in [3.8, 4) is 0 Å². The molecular weight excluding hydrogens is 170 g/mol. The molecular formula is C5H9NO4S. The molecule has 0 aromatic heterocycles. The van der Waals surface area contributed by atoms with E-state index in [0.717, 1.165) is 11.0 Å². The number of rotatable bonds is 3. The molecule has 5 nitrogen and oxygen atoms in total. The van der Waals surface area contributed by atoms with E-state index in [0.29, 0.717) is 0 Å². The summed E-state index contributed by atoms with van der Waals surface area (Å²) in [7, 11) is -2.87. The van der Waals surface area contributed by atoms with Gasteiger partial charge in [0.1, 0.15) is 5.88 Å². The molecule has 1 amide bonds. The second-order valence-corrected chi connectivity index (χ2v) is 3.37. The summed E-state index contributed by atoms with van der Waals surface area (Å²) in [4.78, 5) is 11.5. The molecule has 0 spiro atoms. The van der Waals surface area contributed by atoms with Crippen molar-refractivity contribution in [2.24, 2.45) is 0 Å². The predicted molar refractivity (Wildman–Crippen MR) is 39.4 cm³/mol. The van der Waals surface area contributed by atoms with Gasteiger partial charge in [-0.05, 0) is 6.08 Å². The smallest absolute Gasteiger partial charge is 0.283 e. The molecule has 0 atom stereocenters. The van der Waals surface area contributed by atoms with Gasteiger partial charge in [-0.25, -0.2) is 0 Å². The summed E-state index contributed by atoms with van der Waals surface area (Å²) >= 11 is 0. The van der Waals surface area contributed by atoms with Crippen LogP contribution in [0.2, 0.25) is 0 Å². The van der Waals surface area contributed by atoms with Crippen LogP contribution in [-0.4, -0.2) is 36.7 Å². The zero-order valence-electron chi connectivity index (χ0n) is 6.02. The van der Waals surface area contributed by atoms with Crippen LogP contribution in [0.5, 0.6) is 0 Å². The van der Waals surface area contributed by atoms with E-state index in [2.05, 4.69) is 6.58 Å². The summed E-state index contributed by atoms with van der Waals surface area (Å²) in [6, 6.07) is 0. The van der Waals surface area contributed by atoms with Gasteiger partial charge in [-0.1, -0.05) is 6.58 Å². The summed E-state index contributed by atoms with van der Waals surface area (Å²) in [5.74, 6) is -1.26. The van der Waals surface area contributed by atoms with E-state index in [1.54, 1.807) is 0 Å².